The number of nitrogens with zero attached hydrogens (tertiary/aromatic N) is 2. The predicted octanol–water partition coefficient (Wildman–Crippen LogP) is 5.04. The lowest BCUT2D eigenvalue weighted by molar-refractivity contribution is -0.140. The molecule has 7 heteroatoms. The standard InChI is InChI=1S/C31H34N2O5/c1-21(2)38-26-16-12-24(13-17-26)29(34)27-28(33(19-18-32(3)4)31(36)30(27)35)23-10-14-25(15-11-23)37-20-22-8-6-5-7-9-22/h5-17,21,28,34H,18-20H2,1-4H3. The summed E-state index contributed by atoms with van der Waals surface area (Å²) in [6, 6.07) is 23.3. The van der Waals surface area contributed by atoms with Crippen molar-refractivity contribution < 1.29 is 24.2 Å². The fourth-order valence-corrected chi connectivity index (χ4v) is 4.37. The number of Topliss-reactive ketones (excluding diaryl/α,β-unsaturated/α-hetero) is 1. The quantitative estimate of drug-likeness (QED) is 0.232. The second-order valence-electron chi connectivity index (χ2n) is 9.83. The zero-order chi connectivity index (χ0) is 27.2. The molecule has 198 valence electrons. The van der Waals surface area contributed by atoms with Crippen molar-refractivity contribution >= 4 is 17.4 Å². The maximum Gasteiger partial charge on any atom is 0.295 e. The monoisotopic (exact) mass is 514 g/mol. The summed E-state index contributed by atoms with van der Waals surface area (Å²) >= 11 is 0. The molecule has 1 atom stereocenters. The lowest BCUT2D eigenvalue weighted by Gasteiger charge is -2.26. The summed E-state index contributed by atoms with van der Waals surface area (Å²) in [5, 5.41) is 11.3. The van der Waals surface area contributed by atoms with E-state index in [1.165, 1.54) is 4.90 Å². The molecule has 1 fully saturated rings. The summed E-state index contributed by atoms with van der Waals surface area (Å²) < 4.78 is 11.6. The number of carbonyl (C=O) groups is 2. The topological polar surface area (TPSA) is 79.3 Å². The first-order chi connectivity index (χ1) is 18.2. The molecule has 1 amide bonds. The lowest BCUT2D eigenvalue weighted by atomic mass is 9.95. The van der Waals surface area contributed by atoms with Crippen LogP contribution in [0, 0.1) is 0 Å². The van der Waals surface area contributed by atoms with E-state index in [-0.39, 0.29) is 17.4 Å². The highest BCUT2D eigenvalue weighted by atomic mass is 16.5. The minimum atomic E-state index is -0.718. The molecule has 1 saturated heterocycles. The van der Waals surface area contributed by atoms with Crippen LogP contribution < -0.4 is 9.47 Å². The molecule has 3 aromatic carbocycles. The van der Waals surface area contributed by atoms with Gasteiger partial charge in [0.1, 0.15) is 23.9 Å². The molecule has 1 unspecified atom stereocenters. The summed E-state index contributed by atoms with van der Waals surface area (Å²) in [6.07, 6.45) is 0.0103. The summed E-state index contributed by atoms with van der Waals surface area (Å²) in [5.74, 6) is -0.198. The van der Waals surface area contributed by atoms with Crippen LogP contribution in [-0.4, -0.2) is 59.9 Å². The van der Waals surface area contributed by atoms with Gasteiger partial charge in [0, 0.05) is 18.7 Å². The summed E-state index contributed by atoms with van der Waals surface area (Å²) in [4.78, 5) is 29.8. The Labute approximate surface area is 223 Å². The third-order valence-corrected chi connectivity index (χ3v) is 6.27. The molecule has 1 aliphatic heterocycles. The van der Waals surface area contributed by atoms with Crippen molar-refractivity contribution in [3.05, 3.63) is 101 Å². The van der Waals surface area contributed by atoms with Gasteiger partial charge in [0.25, 0.3) is 11.7 Å². The molecule has 1 heterocycles. The molecule has 1 N–H and O–H groups in total. The first kappa shape index (κ1) is 26.9. The number of amides is 1. The Morgan fingerprint density at radius 3 is 2.16 bits per heavy atom. The van der Waals surface area contributed by atoms with Gasteiger partial charge in [-0.15, -0.1) is 0 Å². The number of likely N-dealkylation sites (tertiary alicyclic amines) is 1. The van der Waals surface area contributed by atoms with E-state index in [4.69, 9.17) is 9.47 Å². The molecule has 0 bridgehead atoms. The average Bonchev–Trinajstić information content (AvgIpc) is 3.16. The number of ether oxygens (including phenoxy) is 2. The Morgan fingerprint density at radius 1 is 0.921 bits per heavy atom. The zero-order valence-corrected chi connectivity index (χ0v) is 22.3. The smallest absolute Gasteiger partial charge is 0.295 e. The van der Waals surface area contributed by atoms with E-state index in [1.807, 2.05) is 87.4 Å². The van der Waals surface area contributed by atoms with E-state index in [9.17, 15) is 14.7 Å². The Morgan fingerprint density at radius 2 is 1.55 bits per heavy atom. The molecular weight excluding hydrogens is 480 g/mol. The highest BCUT2D eigenvalue weighted by Crippen LogP contribution is 2.40. The second kappa shape index (κ2) is 12.0. The van der Waals surface area contributed by atoms with Gasteiger partial charge in [-0.05, 0) is 75.5 Å². The first-order valence-electron chi connectivity index (χ1n) is 12.7. The Kier molecular flexibility index (Phi) is 8.48. The fraction of sp³-hybridized carbons (Fsp3) is 0.290. The van der Waals surface area contributed by atoms with Gasteiger partial charge >= 0.3 is 0 Å². The van der Waals surface area contributed by atoms with Crippen LogP contribution in [0.4, 0.5) is 0 Å². The van der Waals surface area contributed by atoms with Crippen molar-refractivity contribution in [1.82, 2.24) is 9.80 Å². The van der Waals surface area contributed by atoms with Crippen molar-refractivity contribution in [2.24, 2.45) is 0 Å². The summed E-state index contributed by atoms with van der Waals surface area (Å²) in [5.41, 5.74) is 2.29. The van der Waals surface area contributed by atoms with Crippen LogP contribution >= 0.6 is 0 Å². The van der Waals surface area contributed by atoms with Crippen LogP contribution in [-0.2, 0) is 16.2 Å². The molecule has 0 saturated carbocycles. The van der Waals surface area contributed by atoms with Crippen LogP contribution in [0.1, 0.15) is 36.6 Å². The largest absolute Gasteiger partial charge is 0.507 e. The number of ketones is 1. The van der Waals surface area contributed by atoms with Crippen LogP contribution in [0.2, 0.25) is 0 Å². The number of likely N-dealkylation sites (N-methyl/N-ethyl adjacent to an activating group) is 1. The highest BCUT2D eigenvalue weighted by molar-refractivity contribution is 6.46. The third kappa shape index (κ3) is 6.23. The molecule has 3 aromatic rings. The molecule has 4 rings (SSSR count). The average molecular weight is 515 g/mol. The van der Waals surface area contributed by atoms with Crippen molar-refractivity contribution in [3.63, 3.8) is 0 Å². The molecule has 38 heavy (non-hydrogen) atoms. The normalized spacial score (nSPS) is 16.9. The molecule has 0 radical (unpaired) electrons. The maximum absolute atomic E-state index is 13.2. The van der Waals surface area contributed by atoms with Gasteiger partial charge in [-0.1, -0.05) is 42.5 Å². The van der Waals surface area contributed by atoms with Gasteiger partial charge < -0.3 is 24.4 Å². The number of aliphatic hydroxyl groups is 1. The number of hydrogen-bond donors (Lipinski definition) is 1. The van der Waals surface area contributed by atoms with Crippen molar-refractivity contribution in [2.75, 3.05) is 27.2 Å². The van der Waals surface area contributed by atoms with Gasteiger partial charge in [0.15, 0.2) is 0 Å². The fourth-order valence-electron chi connectivity index (χ4n) is 4.37. The predicted molar refractivity (Wildman–Crippen MR) is 147 cm³/mol. The van der Waals surface area contributed by atoms with Gasteiger partial charge in [0.2, 0.25) is 0 Å². The summed E-state index contributed by atoms with van der Waals surface area (Å²) in [6.45, 7) is 5.20. The molecule has 7 nitrogen and oxygen atoms in total. The minimum absolute atomic E-state index is 0.0103. The van der Waals surface area contributed by atoms with E-state index in [2.05, 4.69) is 0 Å². The number of aliphatic hydroxyl groups excluding tert-OH is 1. The Hall–Kier alpha value is -4.10. The highest BCUT2D eigenvalue weighted by Gasteiger charge is 2.45. The van der Waals surface area contributed by atoms with Crippen LogP contribution in [0.25, 0.3) is 5.76 Å². The van der Waals surface area contributed by atoms with E-state index in [0.29, 0.717) is 36.8 Å². The first-order valence-corrected chi connectivity index (χ1v) is 12.7. The number of rotatable bonds is 10. The number of carbonyl (C=O) groups excluding carboxylic acids is 2. The van der Waals surface area contributed by atoms with Crippen molar-refractivity contribution in [2.45, 2.75) is 32.6 Å². The van der Waals surface area contributed by atoms with Gasteiger partial charge in [-0.25, -0.2) is 0 Å². The molecule has 0 aliphatic carbocycles. The van der Waals surface area contributed by atoms with Crippen molar-refractivity contribution in [3.8, 4) is 11.5 Å². The zero-order valence-electron chi connectivity index (χ0n) is 22.3. The summed E-state index contributed by atoms with van der Waals surface area (Å²) in [7, 11) is 3.82. The van der Waals surface area contributed by atoms with Crippen LogP contribution in [0.3, 0.4) is 0 Å². The van der Waals surface area contributed by atoms with E-state index < -0.39 is 17.7 Å². The molecular formula is C31H34N2O5. The SMILES string of the molecule is CC(C)Oc1ccc(C(O)=C2C(=O)C(=O)N(CCN(C)C)C2c2ccc(OCc3ccccc3)cc2)cc1. The van der Waals surface area contributed by atoms with Crippen LogP contribution in [0.5, 0.6) is 11.5 Å². The maximum atomic E-state index is 13.2. The van der Waals surface area contributed by atoms with Crippen LogP contribution in [0.15, 0.2) is 84.4 Å². The van der Waals surface area contributed by atoms with E-state index in [0.717, 1.165) is 11.1 Å². The number of benzene rings is 3. The van der Waals surface area contributed by atoms with Gasteiger partial charge in [-0.3, -0.25) is 9.59 Å². The lowest BCUT2D eigenvalue weighted by Crippen LogP contribution is -2.35. The second-order valence-corrected chi connectivity index (χ2v) is 9.83. The third-order valence-electron chi connectivity index (χ3n) is 6.27. The van der Waals surface area contributed by atoms with Gasteiger partial charge in [-0.2, -0.15) is 0 Å². The van der Waals surface area contributed by atoms with Gasteiger partial charge in [0.05, 0.1) is 17.7 Å². The Bertz CT molecular complexity index is 1280. The number of hydrogen-bond acceptors (Lipinski definition) is 6. The van der Waals surface area contributed by atoms with E-state index in [1.54, 1.807) is 24.3 Å². The van der Waals surface area contributed by atoms with Crippen molar-refractivity contribution in [1.29, 1.82) is 0 Å². The molecule has 0 spiro atoms. The van der Waals surface area contributed by atoms with E-state index >= 15 is 0 Å². The molecule has 0 aromatic heterocycles. The minimum Gasteiger partial charge on any atom is -0.507 e. The Balaban J connectivity index is 1.66. The molecule has 1 aliphatic rings.